The molecular weight excluding hydrogens is 158 g/mol. The fourth-order valence-electron chi connectivity index (χ4n) is 0.903. The standard InChI is InChI=1S/C8H11NO3/c1-5-8(12)7(4-11)6(3-10)2-9-5/h2,10-12H,3-4H2,1H3/i3D2. The highest BCUT2D eigenvalue weighted by Gasteiger charge is 2.09. The van der Waals surface area contributed by atoms with Crippen LogP contribution in [0.2, 0.25) is 0 Å². The summed E-state index contributed by atoms with van der Waals surface area (Å²) < 4.78 is 14.1. The van der Waals surface area contributed by atoms with Crippen molar-refractivity contribution in [3.63, 3.8) is 0 Å². The van der Waals surface area contributed by atoms with Gasteiger partial charge in [-0.15, -0.1) is 0 Å². The summed E-state index contributed by atoms with van der Waals surface area (Å²) in [6.07, 6.45) is 1.10. The lowest BCUT2D eigenvalue weighted by atomic mass is 10.1. The first-order valence-electron chi connectivity index (χ1n) is 4.39. The molecule has 4 heteroatoms. The van der Waals surface area contributed by atoms with E-state index in [-0.39, 0.29) is 22.6 Å². The molecule has 0 aliphatic rings. The lowest BCUT2D eigenvalue weighted by molar-refractivity contribution is 0.254. The average molecular weight is 171 g/mol. The van der Waals surface area contributed by atoms with E-state index in [1.807, 2.05) is 0 Å². The zero-order valence-electron chi connectivity index (χ0n) is 8.57. The largest absolute Gasteiger partial charge is 0.506 e. The Morgan fingerprint density at radius 1 is 1.58 bits per heavy atom. The maximum atomic E-state index is 9.44. The molecule has 0 unspecified atom stereocenters. The summed E-state index contributed by atoms with van der Waals surface area (Å²) in [4.78, 5) is 3.69. The lowest BCUT2D eigenvalue weighted by Crippen LogP contribution is -1.98. The van der Waals surface area contributed by atoms with Gasteiger partial charge < -0.3 is 15.3 Å². The minimum Gasteiger partial charge on any atom is -0.506 e. The summed E-state index contributed by atoms with van der Waals surface area (Å²) in [5.41, 5.74) is 0.0233. The molecule has 1 heterocycles. The van der Waals surface area contributed by atoms with Crippen molar-refractivity contribution < 1.29 is 18.1 Å². The van der Waals surface area contributed by atoms with Crippen LogP contribution in [0.3, 0.4) is 0 Å². The van der Waals surface area contributed by atoms with E-state index >= 15 is 0 Å². The highest BCUT2D eigenvalue weighted by atomic mass is 16.3. The van der Waals surface area contributed by atoms with Crippen molar-refractivity contribution in [1.82, 2.24) is 4.98 Å². The predicted molar refractivity (Wildman–Crippen MR) is 42.5 cm³/mol. The van der Waals surface area contributed by atoms with Crippen LogP contribution < -0.4 is 0 Å². The lowest BCUT2D eigenvalue weighted by Gasteiger charge is -2.07. The second-order valence-corrected chi connectivity index (χ2v) is 2.35. The zero-order chi connectivity index (χ0) is 10.9. The SMILES string of the molecule is [2H]C([2H])(O)c1cnc(C)c(O)c1CO. The van der Waals surface area contributed by atoms with Gasteiger partial charge in [0.15, 0.2) is 0 Å². The van der Waals surface area contributed by atoms with Crippen LogP contribution in [0, 0.1) is 6.92 Å². The summed E-state index contributed by atoms with van der Waals surface area (Å²) >= 11 is 0. The fraction of sp³-hybridized carbons (Fsp3) is 0.375. The second-order valence-electron chi connectivity index (χ2n) is 2.35. The van der Waals surface area contributed by atoms with Crippen LogP contribution in [0.1, 0.15) is 19.6 Å². The van der Waals surface area contributed by atoms with Crippen molar-refractivity contribution in [3.05, 3.63) is 23.0 Å². The molecule has 12 heavy (non-hydrogen) atoms. The summed E-state index contributed by atoms with van der Waals surface area (Å²) in [5.74, 6) is -0.289. The molecule has 0 aliphatic heterocycles. The number of aromatic hydroxyl groups is 1. The third-order valence-electron chi connectivity index (χ3n) is 1.62. The first kappa shape index (κ1) is 6.39. The number of aryl methyl sites for hydroxylation is 1. The van der Waals surface area contributed by atoms with Gasteiger partial charge in [0, 0.05) is 17.3 Å². The zero-order valence-corrected chi connectivity index (χ0v) is 6.57. The van der Waals surface area contributed by atoms with E-state index in [4.69, 9.17) is 13.0 Å². The Balaban J connectivity index is 3.39. The molecule has 0 fully saturated rings. The Morgan fingerprint density at radius 2 is 2.25 bits per heavy atom. The van der Waals surface area contributed by atoms with E-state index in [0.29, 0.717) is 0 Å². The van der Waals surface area contributed by atoms with Gasteiger partial charge in [-0.25, -0.2) is 0 Å². The van der Waals surface area contributed by atoms with Crippen LogP contribution in [0.4, 0.5) is 0 Å². The third-order valence-corrected chi connectivity index (χ3v) is 1.62. The molecule has 4 nitrogen and oxygen atoms in total. The molecule has 0 atom stereocenters. The molecule has 0 saturated heterocycles. The Bertz CT molecular complexity index is 349. The van der Waals surface area contributed by atoms with Crippen LogP contribution in [0.15, 0.2) is 6.20 Å². The Morgan fingerprint density at radius 3 is 2.75 bits per heavy atom. The maximum absolute atomic E-state index is 9.44. The number of aliphatic hydroxyl groups excluding tert-OH is 1. The maximum Gasteiger partial charge on any atom is 0.142 e. The summed E-state index contributed by atoms with van der Waals surface area (Å²) in [5, 5.41) is 27.5. The van der Waals surface area contributed by atoms with Gasteiger partial charge >= 0.3 is 0 Å². The Labute approximate surface area is 72.9 Å². The number of rotatable bonds is 2. The summed E-state index contributed by atoms with van der Waals surface area (Å²) in [7, 11) is 0. The normalized spacial score (nSPS) is 13.9. The van der Waals surface area contributed by atoms with Crippen LogP contribution in [-0.4, -0.2) is 20.3 Å². The first-order valence-corrected chi connectivity index (χ1v) is 3.39. The predicted octanol–water partition coefficient (Wildman–Crippen LogP) is 0.0802. The second kappa shape index (κ2) is 3.51. The topological polar surface area (TPSA) is 73.6 Å². The molecule has 1 aromatic heterocycles. The van der Waals surface area contributed by atoms with Crippen LogP contribution in [0.25, 0.3) is 0 Å². The van der Waals surface area contributed by atoms with Gasteiger partial charge in [-0.1, -0.05) is 0 Å². The molecule has 1 rings (SSSR count). The number of pyridine rings is 1. The van der Waals surface area contributed by atoms with Gasteiger partial charge in [-0.2, -0.15) is 0 Å². The molecular formula is C8H11NO3. The van der Waals surface area contributed by atoms with Crippen LogP contribution >= 0.6 is 0 Å². The van der Waals surface area contributed by atoms with Crippen LogP contribution in [0.5, 0.6) is 5.75 Å². The quantitative estimate of drug-likeness (QED) is 0.589. The van der Waals surface area contributed by atoms with Gasteiger partial charge in [0.25, 0.3) is 0 Å². The number of aromatic nitrogens is 1. The van der Waals surface area contributed by atoms with Gasteiger partial charge in [-0.05, 0) is 6.92 Å². The smallest absolute Gasteiger partial charge is 0.142 e. The summed E-state index contributed by atoms with van der Waals surface area (Å²) in [6.45, 7) is -1.65. The highest BCUT2D eigenvalue weighted by Crippen LogP contribution is 2.23. The molecule has 3 N–H and O–H groups in total. The van der Waals surface area contributed by atoms with E-state index in [0.717, 1.165) is 6.20 Å². The Kier molecular flexibility index (Phi) is 1.87. The van der Waals surface area contributed by atoms with Gasteiger partial charge in [-0.3, -0.25) is 4.98 Å². The van der Waals surface area contributed by atoms with E-state index in [2.05, 4.69) is 4.98 Å². The van der Waals surface area contributed by atoms with Crippen molar-refractivity contribution in [2.45, 2.75) is 20.1 Å². The number of aliphatic hydroxyl groups is 2. The molecule has 66 valence electrons. The first-order chi connectivity index (χ1) is 6.38. The minimum absolute atomic E-state index is 0.0370. The molecule has 0 radical (unpaired) electrons. The van der Waals surface area contributed by atoms with E-state index in [9.17, 15) is 5.11 Å². The van der Waals surface area contributed by atoms with Crippen molar-refractivity contribution >= 4 is 0 Å². The number of nitrogens with zero attached hydrogens (tertiary/aromatic N) is 1. The average Bonchev–Trinajstić information content (AvgIpc) is 2.07. The Hall–Kier alpha value is -1.13. The molecule has 0 aliphatic carbocycles. The molecule has 1 aromatic rings. The third kappa shape index (κ3) is 1.39. The van der Waals surface area contributed by atoms with Crippen LogP contribution in [-0.2, 0) is 13.2 Å². The monoisotopic (exact) mass is 171 g/mol. The van der Waals surface area contributed by atoms with Crippen molar-refractivity contribution in [1.29, 1.82) is 0 Å². The van der Waals surface area contributed by atoms with Crippen molar-refractivity contribution in [2.24, 2.45) is 0 Å². The molecule has 0 bridgehead atoms. The minimum atomic E-state index is -2.61. The van der Waals surface area contributed by atoms with Crippen molar-refractivity contribution in [3.8, 4) is 5.75 Å². The van der Waals surface area contributed by atoms with Gasteiger partial charge in [0.05, 0.1) is 21.6 Å². The number of hydrogen-bond donors (Lipinski definition) is 3. The number of hydrogen-bond acceptors (Lipinski definition) is 4. The van der Waals surface area contributed by atoms with Crippen molar-refractivity contribution in [2.75, 3.05) is 0 Å². The van der Waals surface area contributed by atoms with E-state index < -0.39 is 13.2 Å². The van der Waals surface area contributed by atoms with Gasteiger partial charge in [0.1, 0.15) is 5.75 Å². The van der Waals surface area contributed by atoms with Gasteiger partial charge in [0.2, 0.25) is 0 Å². The van der Waals surface area contributed by atoms with E-state index in [1.54, 1.807) is 0 Å². The molecule has 0 aromatic carbocycles. The molecule has 0 saturated carbocycles. The fourth-order valence-corrected chi connectivity index (χ4v) is 0.903. The summed E-state index contributed by atoms with van der Waals surface area (Å²) in [6, 6.07) is 0. The van der Waals surface area contributed by atoms with E-state index in [1.165, 1.54) is 6.92 Å². The molecule has 0 amide bonds. The highest BCUT2D eigenvalue weighted by molar-refractivity contribution is 5.39. The molecule has 0 spiro atoms.